The van der Waals surface area contributed by atoms with Crippen LogP contribution in [0.25, 0.3) is 0 Å². The predicted molar refractivity (Wildman–Crippen MR) is 96.1 cm³/mol. The summed E-state index contributed by atoms with van der Waals surface area (Å²) in [5.74, 6) is -3.05. The summed E-state index contributed by atoms with van der Waals surface area (Å²) in [5.41, 5.74) is -4.93. The van der Waals surface area contributed by atoms with Gasteiger partial charge in [0.15, 0.2) is 19.9 Å². The average molecular weight is 410 g/mol. The predicted octanol–water partition coefficient (Wildman–Crippen LogP) is 5.13. The minimum atomic E-state index is -5.18. The van der Waals surface area contributed by atoms with Crippen LogP contribution in [0, 0.1) is 5.82 Å². The third-order valence-corrected chi connectivity index (χ3v) is 5.50. The lowest BCUT2D eigenvalue weighted by atomic mass is 9.71. The van der Waals surface area contributed by atoms with Crippen molar-refractivity contribution in [2.24, 2.45) is 0 Å². The summed E-state index contributed by atoms with van der Waals surface area (Å²) in [6, 6.07) is 4.15. The molecule has 27 heavy (non-hydrogen) atoms. The van der Waals surface area contributed by atoms with Gasteiger partial charge in [0.05, 0.1) is 7.11 Å². The Hall–Kier alpha value is -1.61. The Kier molecular flexibility index (Phi) is 6.76. The van der Waals surface area contributed by atoms with Crippen molar-refractivity contribution in [3.8, 4) is 5.75 Å². The molecule has 1 aromatic carbocycles. The SMILES string of the molecule is CCC(C)(CC(O[Si](C)(C)C)(C(=O)O)C(F)(F)F)c1cccc(OC)c1F. The van der Waals surface area contributed by atoms with Gasteiger partial charge in [-0.2, -0.15) is 13.2 Å². The topological polar surface area (TPSA) is 55.8 Å². The highest BCUT2D eigenvalue weighted by molar-refractivity contribution is 6.70. The summed E-state index contributed by atoms with van der Waals surface area (Å²) in [4.78, 5) is 11.8. The van der Waals surface area contributed by atoms with E-state index < -0.39 is 43.7 Å². The molecule has 0 heterocycles. The Labute approximate surface area is 157 Å². The second-order valence-electron chi connectivity index (χ2n) is 7.76. The maximum Gasteiger partial charge on any atom is 0.427 e. The second kappa shape index (κ2) is 7.79. The van der Waals surface area contributed by atoms with Crippen LogP contribution in [0.3, 0.4) is 0 Å². The number of alkyl halides is 3. The number of carboxylic acids is 1. The van der Waals surface area contributed by atoms with E-state index >= 15 is 0 Å². The number of hydrogen-bond donors (Lipinski definition) is 1. The zero-order valence-electron chi connectivity index (χ0n) is 16.3. The molecule has 0 saturated heterocycles. The number of carbonyl (C=O) groups is 1. The van der Waals surface area contributed by atoms with E-state index in [9.17, 15) is 27.5 Å². The molecule has 154 valence electrons. The van der Waals surface area contributed by atoms with Gasteiger partial charge >= 0.3 is 12.1 Å². The summed E-state index contributed by atoms with van der Waals surface area (Å²) in [7, 11) is -1.68. The van der Waals surface area contributed by atoms with Crippen molar-refractivity contribution >= 4 is 14.3 Å². The van der Waals surface area contributed by atoms with Crippen molar-refractivity contribution < 1.29 is 36.6 Å². The molecule has 0 amide bonds. The van der Waals surface area contributed by atoms with Gasteiger partial charge in [-0.3, -0.25) is 0 Å². The highest BCUT2D eigenvalue weighted by Gasteiger charge is 2.65. The first-order valence-corrected chi connectivity index (χ1v) is 11.9. The van der Waals surface area contributed by atoms with Crippen molar-refractivity contribution in [1.29, 1.82) is 0 Å². The smallest absolute Gasteiger partial charge is 0.427 e. The van der Waals surface area contributed by atoms with Crippen LogP contribution in [-0.2, 0) is 14.6 Å². The molecule has 0 radical (unpaired) electrons. The zero-order chi connectivity index (χ0) is 21.3. The van der Waals surface area contributed by atoms with Crippen LogP contribution in [0.5, 0.6) is 5.75 Å². The van der Waals surface area contributed by atoms with E-state index in [4.69, 9.17) is 9.16 Å². The lowest BCUT2D eigenvalue weighted by molar-refractivity contribution is -0.259. The van der Waals surface area contributed by atoms with Crippen molar-refractivity contribution in [3.05, 3.63) is 29.6 Å². The van der Waals surface area contributed by atoms with Gasteiger partial charge in [0.1, 0.15) is 0 Å². The summed E-state index contributed by atoms with van der Waals surface area (Å²) in [6.45, 7) is 7.42. The molecule has 1 rings (SSSR count). The van der Waals surface area contributed by atoms with Crippen molar-refractivity contribution in [1.82, 2.24) is 0 Å². The standard InChI is InChI=1S/C18H26F4O4Si/c1-7-16(2,12-9-8-10-13(25-3)14(12)19)11-17(15(23)24,18(20,21)22)26-27(4,5)6/h8-10H,7,11H2,1-6H3,(H,23,24). The molecule has 4 nitrogen and oxygen atoms in total. The second-order valence-corrected chi connectivity index (χ2v) is 12.2. The normalized spacial score (nSPS) is 17.1. The van der Waals surface area contributed by atoms with E-state index in [2.05, 4.69) is 0 Å². The number of ether oxygens (including phenoxy) is 1. The molecule has 1 N–H and O–H groups in total. The third-order valence-electron chi connectivity index (χ3n) is 4.54. The number of methoxy groups -OCH3 is 1. The molecule has 1 aromatic rings. The van der Waals surface area contributed by atoms with E-state index in [-0.39, 0.29) is 17.7 Å². The summed E-state index contributed by atoms with van der Waals surface area (Å²) < 4.78 is 66.9. The van der Waals surface area contributed by atoms with Gasteiger partial charge in [-0.25, -0.2) is 9.18 Å². The fourth-order valence-electron chi connectivity index (χ4n) is 3.05. The first-order valence-electron chi connectivity index (χ1n) is 8.47. The van der Waals surface area contributed by atoms with Crippen LogP contribution in [0.2, 0.25) is 19.6 Å². The monoisotopic (exact) mass is 410 g/mol. The Morgan fingerprint density at radius 1 is 1.22 bits per heavy atom. The fourth-order valence-corrected chi connectivity index (χ4v) is 4.37. The number of aliphatic carboxylic acids is 1. The van der Waals surface area contributed by atoms with Gasteiger partial charge < -0.3 is 14.3 Å². The summed E-state index contributed by atoms with van der Waals surface area (Å²) >= 11 is 0. The Bertz CT molecular complexity index is 687. The Morgan fingerprint density at radius 2 is 1.78 bits per heavy atom. The van der Waals surface area contributed by atoms with Crippen LogP contribution in [-0.4, -0.2) is 38.3 Å². The number of carboxylic acid groups (broad SMARTS) is 1. The van der Waals surface area contributed by atoms with Gasteiger partial charge in [0.25, 0.3) is 5.60 Å². The van der Waals surface area contributed by atoms with E-state index in [1.807, 2.05) is 0 Å². The van der Waals surface area contributed by atoms with Crippen molar-refractivity contribution in [2.45, 2.75) is 63.5 Å². The van der Waals surface area contributed by atoms with Gasteiger partial charge in [0.2, 0.25) is 0 Å². The highest BCUT2D eigenvalue weighted by atomic mass is 28.4. The zero-order valence-corrected chi connectivity index (χ0v) is 17.3. The number of halogens is 4. The van der Waals surface area contributed by atoms with Crippen LogP contribution >= 0.6 is 0 Å². The largest absolute Gasteiger partial charge is 0.494 e. The lowest BCUT2D eigenvalue weighted by Gasteiger charge is -2.43. The van der Waals surface area contributed by atoms with E-state index in [0.29, 0.717) is 0 Å². The quantitative estimate of drug-likeness (QED) is 0.477. The van der Waals surface area contributed by atoms with Crippen molar-refractivity contribution in [2.75, 3.05) is 7.11 Å². The number of benzene rings is 1. The molecule has 0 fully saturated rings. The lowest BCUT2D eigenvalue weighted by Crippen LogP contribution is -2.61. The first kappa shape index (κ1) is 23.4. The van der Waals surface area contributed by atoms with Gasteiger partial charge in [-0.1, -0.05) is 26.0 Å². The first-order chi connectivity index (χ1) is 12.1. The summed E-state index contributed by atoms with van der Waals surface area (Å²) in [5, 5.41) is 9.56. The molecule has 9 heteroatoms. The van der Waals surface area contributed by atoms with E-state index in [1.165, 1.54) is 51.9 Å². The van der Waals surface area contributed by atoms with Crippen molar-refractivity contribution in [3.63, 3.8) is 0 Å². The molecule has 0 aliphatic heterocycles. The minimum absolute atomic E-state index is 0.0431. The van der Waals surface area contributed by atoms with E-state index in [0.717, 1.165) is 0 Å². The molecule has 0 aromatic heterocycles. The Morgan fingerprint density at radius 3 is 2.15 bits per heavy atom. The molecule has 0 bridgehead atoms. The third kappa shape index (κ3) is 4.81. The molecule has 0 aliphatic rings. The molecule has 0 aliphatic carbocycles. The molecule has 0 spiro atoms. The molecular weight excluding hydrogens is 384 g/mol. The van der Waals surface area contributed by atoms with Crippen LogP contribution in [0.4, 0.5) is 17.6 Å². The van der Waals surface area contributed by atoms with Gasteiger partial charge in [-0.15, -0.1) is 0 Å². The average Bonchev–Trinajstić information content (AvgIpc) is 2.51. The highest BCUT2D eigenvalue weighted by Crippen LogP contribution is 2.47. The Balaban J connectivity index is 3.63. The van der Waals surface area contributed by atoms with E-state index in [1.54, 1.807) is 6.92 Å². The minimum Gasteiger partial charge on any atom is -0.494 e. The van der Waals surface area contributed by atoms with Crippen LogP contribution in [0.1, 0.15) is 32.3 Å². The maximum absolute atomic E-state index is 14.8. The van der Waals surface area contributed by atoms with Gasteiger partial charge in [0, 0.05) is 6.42 Å². The molecule has 2 atom stereocenters. The fraction of sp³-hybridized carbons (Fsp3) is 0.611. The summed E-state index contributed by atoms with van der Waals surface area (Å²) in [6.07, 6.45) is -6.06. The number of rotatable bonds is 8. The number of hydrogen-bond acceptors (Lipinski definition) is 3. The molecule has 0 saturated carbocycles. The maximum atomic E-state index is 14.8. The van der Waals surface area contributed by atoms with Gasteiger partial charge in [-0.05, 0) is 43.1 Å². The molecule has 2 unspecified atom stereocenters. The molecular formula is C18H26F4O4Si. The van der Waals surface area contributed by atoms with Crippen LogP contribution in [0.15, 0.2) is 18.2 Å². The van der Waals surface area contributed by atoms with Crippen LogP contribution < -0.4 is 4.74 Å².